The van der Waals surface area contributed by atoms with E-state index in [1.165, 1.54) is 0 Å². The summed E-state index contributed by atoms with van der Waals surface area (Å²) in [7, 11) is -3.67. The van der Waals surface area contributed by atoms with Crippen molar-refractivity contribution in [1.82, 2.24) is 4.41 Å². The summed E-state index contributed by atoms with van der Waals surface area (Å²) in [6.45, 7) is 0.142. The number of nitrogens with zero attached hydrogens (tertiary/aromatic N) is 1. The average molecular weight is 355 g/mol. The van der Waals surface area contributed by atoms with Crippen LogP contribution in [-0.2, 0) is 21.9 Å². The first kappa shape index (κ1) is 15.2. The van der Waals surface area contributed by atoms with Crippen molar-refractivity contribution < 1.29 is 8.42 Å². The highest BCUT2D eigenvalue weighted by molar-refractivity contribution is 9.08. The molecule has 0 bridgehead atoms. The summed E-state index contributed by atoms with van der Waals surface area (Å²) in [6.07, 6.45) is 0. The Balaban J connectivity index is 2.20. The maximum atomic E-state index is 12.3. The number of hydrazine groups is 1. The Morgan fingerprint density at radius 1 is 0.950 bits per heavy atom. The van der Waals surface area contributed by atoms with Gasteiger partial charge in [0, 0.05) is 5.33 Å². The molecule has 2 aromatic rings. The van der Waals surface area contributed by atoms with Crippen molar-refractivity contribution in [3.8, 4) is 0 Å². The van der Waals surface area contributed by atoms with Gasteiger partial charge in [-0.15, -0.1) is 4.41 Å². The number of benzene rings is 2. The van der Waals surface area contributed by atoms with Gasteiger partial charge in [0.1, 0.15) is 0 Å². The molecule has 4 nitrogen and oxygen atoms in total. The van der Waals surface area contributed by atoms with Gasteiger partial charge in [-0.25, -0.2) is 8.42 Å². The molecular weight excluding hydrogens is 340 g/mol. The molecule has 0 atom stereocenters. The Kier molecular flexibility index (Phi) is 4.93. The molecule has 0 fully saturated rings. The summed E-state index contributed by atoms with van der Waals surface area (Å²) < 4.78 is 25.5. The average Bonchev–Trinajstić information content (AvgIpc) is 2.48. The first-order valence-corrected chi connectivity index (χ1v) is 8.56. The molecule has 2 N–H and O–H groups in total. The number of alkyl halides is 1. The van der Waals surface area contributed by atoms with Crippen molar-refractivity contribution in [1.29, 1.82) is 0 Å². The second-order valence-corrected chi connectivity index (χ2v) is 6.76. The van der Waals surface area contributed by atoms with Crippen molar-refractivity contribution in [2.24, 2.45) is 5.84 Å². The number of hydrogen-bond donors (Lipinski definition) is 1. The van der Waals surface area contributed by atoms with Crippen molar-refractivity contribution in [3.63, 3.8) is 0 Å². The molecule has 0 aromatic heterocycles. The smallest absolute Gasteiger partial charge is 0.254 e. The molecule has 0 aliphatic carbocycles. The number of nitrogens with two attached hydrogens (primary N) is 1. The van der Waals surface area contributed by atoms with Crippen LogP contribution in [0.4, 0.5) is 0 Å². The Hall–Kier alpha value is -1.21. The normalized spacial score (nSPS) is 11.8. The molecule has 0 unspecified atom stereocenters. The van der Waals surface area contributed by atoms with Crippen LogP contribution in [0.2, 0.25) is 0 Å². The lowest BCUT2D eigenvalue weighted by Gasteiger charge is -2.17. The SMILES string of the molecule is NN(Cc1ccccc1)S(=O)(=O)c1ccc(CBr)cc1. The van der Waals surface area contributed by atoms with Crippen LogP contribution in [0.3, 0.4) is 0 Å². The van der Waals surface area contributed by atoms with Crippen molar-refractivity contribution in [2.75, 3.05) is 0 Å². The van der Waals surface area contributed by atoms with Gasteiger partial charge in [0.2, 0.25) is 0 Å². The van der Waals surface area contributed by atoms with Gasteiger partial charge in [-0.2, -0.15) is 0 Å². The molecule has 6 heteroatoms. The largest absolute Gasteiger partial charge is 0.255 e. The van der Waals surface area contributed by atoms with Crippen molar-refractivity contribution >= 4 is 26.0 Å². The molecule has 0 saturated heterocycles. The van der Waals surface area contributed by atoms with Crippen LogP contribution >= 0.6 is 15.9 Å². The molecule has 2 rings (SSSR count). The highest BCUT2D eigenvalue weighted by atomic mass is 79.9. The van der Waals surface area contributed by atoms with E-state index in [4.69, 9.17) is 5.84 Å². The third-order valence-electron chi connectivity index (χ3n) is 2.87. The zero-order valence-corrected chi connectivity index (χ0v) is 13.1. The fourth-order valence-electron chi connectivity index (χ4n) is 1.73. The molecule has 0 amide bonds. The predicted molar refractivity (Wildman–Crippen MR) is 82.4 cm³/mol. The van der Waals surface area contributed by atoms with Crippen LogP contribution < -0.4 is 5.84 Å². The number of sulfonamides is 1. The van der Waals surface area contributed by atoms with Crippen LogP contribution in [0.15, 0.2) is 59.5 Å². The number of rotatable bonds is 5. The van der Waals surface area contributed by atoms with Gasteiger partial charge < -0.3 is 0 Å². The molecule has 0 aliphatic rings. The molecule has 0 spiro atoms. The Labute approximate surface area is 127 Å². The maximum Gasteiger partial charge on any atom is 0.255 e. The van der Waals surface area contributed by atoms with E-state index >= 15 is 0 Å². The summed E-state index contributed by atoms with van der Waals surface area (Å²) in [5.74, 6) is 5.72. The highest BCUT2D eigenvalue weighted by Gasteiger charge is 2.21. The highest BCUT2D eigenvalue weighted by Crippen LogP contribution is 2.17. The van der Waals surface area contributed by atoms with E-state index in [1.54, 1.807) is 24.3 Å². The van der Waals surface area contributed by atoms with Crippen LogP contribution in [-0.4, -0.2) is 12.8 Å². The Bertz CT molecular complexity index is 657. The Morgan fingerprint density at radius 3 is 2.10 bits per heavy atom. The second kappa shape index (κ2) is 6.49. The molecule has 0 radical (unpaired) electrons. The van der Waals surface area contributed by atoms with Gasteiger partial charge in [-0.05, 0) is 23.3 Å². The Morgan fingerprint density at radius 2 is 1.55 bits per heavy atom. The van der Waals surface area contributed by atoms with Crippen molar-refractivity contribution in [2.45, 2.75) is 16.8 Å². The lowest BCUT2D eigenvalue weighted by Crippen LogP contribution is -2.36. The molecule has 0 saturated carbocycles. The predicted octanol–water partition coefficient (Wildman–Crippen LogP) is 2.65. The first-order chi connectivity index (χ1) is 9.54. The number of hydrogen-bond acceptors (Lipinski definition) is 3. The van der Waals surface area contributed by atoms with Gasteiger partial charge >= 0.3 is 0 Å². The summed E-state index contributed by atoms with van der Waals surface area (Å²) >= 11 is 3.32. The van der Waals surface area contributed by atoms with E-state index in [0.29, 0.717) is 5.33 Å². The minimum absolute atomic E-state index is 0.142. The van der Waals surface area contributed by atoms with Gasteiger partial charge in [-0.1, -0.05) is 58.4 Å². The quantitative estimate of drug-likeness (QED) is 0.510. The van der Waals surface area contributed by atoms with E-state index in [-0.39, 0.29) is 11.4 Å². The molecule has 2 aromatic carbocycles. The summed E-state index contributed by atoms with van der Waals surface area (Å²) in [6, 6.07) is 15.9. The molecular formula is C14H15BrN2O2S. The molecule has 106 valence electrons. The van der Waals surface area contributed by atoms with E-state index in [9.17, 15) is 8.42 Å². The maximum absolute atomic E-state index is 12.3. The molecule has 20 heavy (non-hydrogen) atoms. The van der Waals surface area contributed by atoms with Crippen LogP contribution in [0, 0.1) is 0 Å². The summed E-state index contributed by atoms with van der Waals surface area (Å²) in [4.78, 5) is 0.195. The standard InChI is InChI=1S/C14H15BrN2O2S/c15-10-12-6-8-14(9-7-12)20(18,19)17(16)11-13-4-2-1-3-5-13/h1-9H,10-11,16H2. The lowest BCUT2D eigenvalue weighted by atomic mass is 10.2. The van der Waals surface area contributed by atoms with Crippen LogP contribution in [0.25, 0.3) is 0 Å². The number of halogens is 1. The third kappa shape index (κ3) is 3.46. The fraction of sp³-hybridized carbons (Fsp3) is 0.143. The fourth-order valence-corrected chi connectivity index (χ4v) is 3.18. The molecule has 0 heterocycles. The lowest BCUT2D eigenvalue weighted by molar-refractivity contribution is 0.422. The van der Waals surface area contributed by atoms with Gasteiger partial charge in [0.05, 0.1) is 11.4 Å². The second-order valence-electron chi connectivity index (χ2n) is 4.31. The van der Waals surface area contributed by atoms with Crippen molar-refractivity contribution in [3.05, 3.63) is 65.7 Å². The van der Waals surface area contributed by atoms with Crippen LogP contribution in [0.5, 0.6) is 0 Å². The zero-order valence-electron chi connectivity index (χ0n) is 10.7. The zero-order chi connectivity index (χ0) is 14.6. The van der Waals surface area contributed by atoms with Gasteiger partial charge in [0.25, 0.3) is 10.0 Å². The van der Waals surface area contributed by atoms with Gasteiger partial charge in [-0.3, -0.25) is 5.84 Å². The monoisotopic (exact) mass is 354 g/mol. The minimum atomic E-state index is -3.67. The summed E-state index contributed by atoms with van der Waals surface area (Å²) in [5, 5.41) is 0.684. The van der Waals surface area contributed by atoms with Crippen LogP contribution in [0.1, 0.15) is 11.1 Å². The van der Waals surface area contributed by atoms with E-state index in [0.717, 1.165) is 15.5 Å². The topological polar surface area (TPSA) is 63.4 Å². The van der Waals surface area contributed by atoms with E-state index in [1.807, 2.05) is 30.3 Å². The summed E-state index contributed by atoms with van der Waals surface area (Å²) in [5.41, 5.74) is 1.85. The first-order valence-electron chi connectivity index (χ1n) is 6.00. The van der Waals surface area contributed by atoms with Gasteiger partial charge in [0.15, 0.2) is 0 Å². The minimum Gasteiger partial charge on any atom is -0.254 e. The third-order valence-corrected chi connectivity index (χ3v) is 5.13. The molecule has 0 aliphatic heterocycles. The van der Waals surface area contributed by atoms with E-state index < -0.39 is 10.0 Å². The van der Waals surface area contributed by atoms with E-state index in [2.05, 4.69) is 15.9 Å².